The van der Waals surface area contributed by atoms with Crippen LogP contribution in [-0.4, -0.2) is 6.54 Å². The molecule has 2 aromatic rings. The van der Waals surface area contributed by atoms with E-state index in [1.54, 1.807) is 0 Å². The zero-order chi connectivity index (χ0) is 12.8. The molecule has 94 valence electrons. The fourth-order valence-electron chi connectivity index (χ4n) is 1.89. The smallest absolute Gasteiger partial charge is 0.130 e. The summed E-state index contributed by atoms with van der Waals surface area (Å²) in [6, 6.07) is 16.2. The van der Waals surface area contributed by atoms with Crippen LogP contribution in [0.15, 0.2) is 48.5 Å². The Balaban J connectivity index is 2.21. The van der Waals surface area contributed by atoms with Crippen molar-refractivity contribution in [2.45, 2.75) is 19.8 Å². The van der Waals surface area contributed by atoms with E-state index in [4.69, 9.17) is 10.5 Å². The highest BCUT2D eigenvalue weighted by atomic mass is 16.5. The first-order valence-corrected chi connectivity index (χ1v) is 6.32. The minimum atomic E-state index is 0.707. The van der Waals surface area contributed by atoms with Crippen LogP contribution in [0.2, 0.25) is 0 Å². The molecule has 0 atom stereocenters. The summed E-state index contributed by atoms with van der Waals surface area (Å²) in [6.45, 7) is 2.76. The average Bonchev–Trinajstić information content (AvgIpc) is 2.40. The molecule has 0 aliphatic heterocycles. The largest absolute Gasteiger partial charge is 0.457 e. The minimum Gasteiger partial charge on any atom is -0.457 e. The Morgan fingerprint density at radius 2 is 1.61 bits per heavy atom. The van der Waals surface area contributed by atoms with Crippen molar-refractivity contribution in [1.82, 2.24) is 0 Å². The lowest BCUT2D eigenvalue weighted by atomic mass is 10.1. The van der Waals surface area contributed by atoms with Crippen molar-refractivity contribution >= 4 is 0 Å². The lowest BCUT2D eigenvalue weighted by molar-refractivity contribution is 0.472. The number of hydrogen-bond acceptors (Lipinski definition) is 2. The summed E-state index contributed by atoms with van der Waals surface area (Å²) < 4.78 is 6.00. The Labute approximate surface area is 108 Å². The van der Waals surface area contributed by atoms with E-state index in [0.717, 1.165) is 29.9 Å². The van der Waals surface area contributed by atoms with E-state index in [-0.39, 0.29) is 0 Å². The molecule has 0 radical (unpaired) electrons. The van der Waals surface area contributed by atoms with Crippen molar-refractivity contribution in [2.75, 3.05) is 6.54 Å². The summed E-state index contributed by atoms with van der Waals surface area (Å²) >= 11 is 0. The highest BCUT2D eigenvalue weighted by molar-refractivity contribution is 5.40. The summed E-state index contributed by atoms with van der Waals surface area (Å²) in [6.07, 6.45) is 1.94. The molecule has 2 rings (SSSR count). The van der Waals surface area contributed by atoms with E-state index >= 15 is 0 Å². The van der Waals surface area contributed by atoms with Gasteiger partial charge in [-0.25, -0.2) is 0 Å². The van der Waals surface area contributed by atoms with Crippen LogP contribution in [-0.2, 0) is 6.42 Å². The van der Waals surface area contributed by atoms with Gasteiger partial charge in [0.2, 0.25) is 0 Å². The number of hydrogen-bond donors (Lipinski definition) is 1. The van der Waals surface area contributed by atoms with Gasteiger partial charge in [0, 0.05) is 0 Å². The van der Waals surface area contributed by atoms with Crippen molar-refractivity contribution in [3.63, 3.8) is 0 Å². The molecule has 0 unspecified atom stereocenters. The van der Waals surface area contributed by atoms with E-state index in [2.05, 4.69) is 19.1 Å². The highest BCUT2D eigenvalue weighted by Gasteiger charge is 2.05. The third-order valence-electron chi connectivity index (χ3n) is 2.94. The fourth-order valence-corrected chi connectivity index (χ4v) is 1.89. The van der Waals surface area contributed by atoms with E-state index < -0.39 is 0 Å². The van der Waals surface area contributed by atoms with Crippen molar-refractivity contribution in [1.29, 1.82) is 0 Å². The average molecular weight is 241 g/mol. The third-order valence-corrected chi connectivity index (χ3v) is 2.94. The van der Waals surface area contributed by atoms with E-state index in [0.29, 0.717) is 6.54 Å². The predicted octanol–water partition coefficient (Wildman–Crippen LogP) is 3.68. The Hall–Kier alpha value is -1.80. The van der Waals surface area contributed by atoms with E-state index in [9.17, 15) is 0 Å². The fraction of sp³-hybridized carbons (Fsp3) is 0.250. The van der Waals surface area contributed by atoms with Crippen LogP contribution in [0.25, 0.3) is 0 Å². The second-order valence-corrected chi connectivity index (χ2v) is 4.37. The first-order chi connectivity index (χ1) is 8.81. The van der Waals surface area contributed by atoms with Gasteiger partial charge in [-0.3, -0.25) is 0 Å². The standard InChI is InChI=1S/C16H19NO/c1-13-7-2-4-10-15(13)18-16-11-5-3-8-14(16)9-6-12-17/h2-5,7-8,10-11H,6,9,12,17H2,1H3. The zero-order valence-corrected chi connectivity index (χ0v) is 10.7. The maximum absolute atomic E-state index is 6.00. The first kappa shape index (κ1) is 12.7. The Kier molecular flexibility index (Phi) is 4.37. The van der Waals surface area contributed by atoms with Crippen LogP contribution in [0, 0.1) is 6.92 Å². The second-order valence-electron chi connectivity index (χ2n) is 4.37. The summed E-state index contributed by atoms with van der Waals surface area (Å²) in [7, 11) is 0. The molecule has 0 amide bonds. The number of ether oxygens (including phenoxy) is 1. The van der Waals surface area contributed by atoms with Crippen molar-refractivity contribution in [3.05, 3.63) is 59.7 Å². The molecule has 0 heterocycles. The molecule has 2 heteroatoms. The minimum absolute atomic E-state index is 0.707. The Morgan fingerprint density at radius 1 is 0.944 bits per heavy atom. The van der Waals surface area contributed by atoms with Crippen molar-refractivity contribution in [2.24, 2.45) is 5.73 Å². The van der Waals surface area contributed by atoms with Gasteiger partial charge in [-0.1, -0.05) is 36.4 Å². The molecule has 0 fully saturated rings. The Morgan fingerprint density at radius 3 is 2.33 bits per heavy atom. The SMILES string of the molecule is Cc1ccccc1Oc1ccccc1CCCN. The van der Waals surface area contributed by atoms with Gasteiger partial charge in [0.05, 0.1) is 0 Å². The van der Waals surface area contributed by atoms with Gasteiger partial charge in [0.1, 0.15) is 11.5 Å². The molecule has 0 aliphatic rings. The number of nitrogens with two attached hydrogens (primary N) is 1. The molecule has 0 bridgehead atoms. The van der Waals surface area contributed by atoms with Gasteiger partial charge in [-0.05, 0) is 49.6 Å². The lowest BCUT2D eigenvalue weighted by Gasteiger charge is -2.12. The van der Waals surface area contributed by atoms with Crippen molar-refractivity contribution < 1.29 is 4.74 Å². The molecular weight excluding hydrogens is 222 g/mol. The predicted molar refractivity (Wildman–Crippen MR) is 75.1 cm³/mol. The summed E-state index contributed by atoms with van der Waals surface area (Å²) in [5, 5.41) is 0. The van der Waals surface area contributed by atoms with Gasteiger partial charge in [-0.2, -0.15) is 0 Å². The third kappa shape index (κ3) is 3.11. The molecule has 2 nitrogen and oxygen atoms in total. The topological polar surface area (TPSA) is 35.2 Å². The molecule has 0 saturated heterocycles. The molecule has 18 heavy (non-hydrogen) atoms. The van der Waals surface area contributed by atoms with Crippen molar-refractivity contribution in [3.8, 4) is 11.5 Å². The van der Waals surface area contributed by atoms with Gasteiger partial charge in [0.15, 0.2) is 0 Å². The molecular formula is C16H19NO. The Bertz CT molecular complexity index is 508. The van der Waals surface area contributed by atoms with Crippen LogP contribution in [0.5, 0.6) is 11.5 Å². The van der Waals surface area contributed by atoms with Crippen LogP contribution in [0.4, 0.5) is 0 Å². The number of benzene rings is 2. The monoisotopic (exact) mass is 241 g/mol. The van der Waals surface area contributed by atoms with E-state index in [1.165, 1.54) is 5.56 Å². The highest BCUT2D eigenvalue weighted by Crippen LogP contribution is 2.28. The first-order valence-electron chi connectivity index (χ1n) is 6.32. The normalized spacial score (nSPS) is 10.3. The second kappa shape index (κ2) is 6.22. The van der Waals surface area contributed by atoms with Crippen LogP contribution < -0.4 is 10.5 Å². The van der Waals surface area contributed by atoms with Gasteiger partial charge >= 0.3 is 0 Å². The number of para-hydroxylation sites is 2. The van der Waals surface area contributed by atoms with Gasteiger partial charge < -0.3 is 10.5 Å². The molecule has 0 spiro atoms. The summed E-state index contributed by atoms with van der Waals surface area (Å²) in [5.41, 5.74) is 7.92. The number of aryl methyl sites for hydroxylation is 2. The molecule has 2 N–H and O–H groups in total. The van der Waals surface area contributed by atoms with Gasteiger partial charge in [-0.15, -0.1) is 0 Å². The van der Waals surface area contributed by atoms with Crippen LogP contribution in [0.1, 0.15) is 17.5 Å². The maximum Gasteiger partial charge on any atom is 0.130 e. The quantitative estimate of drug-likeness (QED) is 0.866. The molecule has 0 aliphatic carbocycles. The molecule has 0 aromatic heterocycles. The van der Waals surface area contributed by atoms with Crippen LogP contribution in [0.3, 0.4) is 0 Å². The lowest BCUT2D eigenvalue weighted by Crippen LogP contribution is -2.01. The summed E-state index contributed by atoms with van der Waals surface area (Å²) in [5.74, 6) is 1.85. The van der Waals surface area contributed by atoms with Gasteiger partial charge in [0.25, 0.3) is 0 Å². The van der Waals surface area contributed by atoms with Crippen LogP contribution >= 0.6 is 0 Å². The summed E-state index contributed by atoms with van der Waals surface area (Å²) in [4.78, 5) is 0. The number of rotatable bonds is 5. The van der Waals surface area contributed by atoms with E-state index in [1.807, 2.05) is 36.4 Å². The molecule has 0 saturated carbocycles. The molecule has 2 aromatic carbocycles. The maximum atomic E-state index is 6.00. The zero-order valence-electron chi connectivity index (χ0n) is 10.7.